The van der Waals surface area contributed by atoms with Gasteiger partial charge in [-0.3, -0.25) is 4.79 Å². The summed E-state index contributed by atoms with van der Waals surface area (Å²) in [5.41, 5.74) is 1.11. The fourth-order valence-electron chi connectivity index (χ4n) is 1.31. The number of hydrogen-bond donors (Lipinski definition) is 1. The summed E-state index contributed by atoms with van der Waals surface area (Å²) in [4.78, 5) is 10.4. The predicted octanol–water partition coefficient (Wildman–Crippen LogP) is 2.31. The molecule has 0 fully saturated rings. The second-order valence-electron chi connectivity index (χ2n) is 3.70. The zero-order chi connectivity index (χ0) is 11.1. The molecule has 0 heterocycles. The summed E-state index contributed by atoms with van der Waals surface area (Å²) >= 11 is 0. The van der Waals surface area contributed by atoms with Crippen molar-refractivity contribution in [3.63, 3.8) is 0 Å². The molecule has 0 aliphatic heterocycles. The monoisotopic (exact) mass is 208 g/mol. The summed E-state index contributed by atoms with van der Waals surface area (Å²) in [5.74, 6) is -0.711. The third-order valence-corrected chi connectivity index (χ3v) is 2.04. The van der Waals surface area contributed by atoms with E-state index in [0.29, 0.717) is 13.2 Å². The largest absolute Gasteiger partial charge is 0.481 e. The zero-order valence-electron chi connectivity index (χ0n) is 8.85. The first kappa shape index (κ1) is 11.7. The molecule has 0 aromatic heterocycles. The van der Waals surface area contributed by atoms with E-state index in [1.165, 1.54) is 0 Å². The molecule has 1 aromatic carbocycles. The first-order valence-corrected chi connectivity index (χ1v) is 5.02. The number of hydrogen-bond acceptors (Lipinski definition) is 2. The van der Waals surface area contributed by atoms with Crippen LogP contribution in [0.3, 0.4) is 0 Å². The van der Waals surface area contributed by atoms with Gasteiger partial charge in [0.1, 0.15) is 0 Å². The van der Waals surface area contributed by atoms with Crippen LogP contribution in [-0.4, -0.2) is 17.7 Å². The molecule has 1 rings (SSSR count). The Bertz CT molecular complexity index is 295. The van der Waals surface area contributed by atoms with Crippen LogP contribution in [0.1, 0.15) is 18.9 Å². The highest BCUT2D eigenvalue weighted by atomic mass is 16.5. The topological polar surface area (TPSA) is 46.5 Å². The SMILES string of the molecule is C[C@@H](COCc1ccccc1)CC(=O)O. The third kappa shape index (κ3) is 5.18. The Hall–Kier alpha value is -1.35. The molecule has 0 saturated carbocycles. The fraction of sp³-hybridized carbons (Fsp3) is 0.417. The number of carboxylic acids is 1. The molecule has 0 bridgehead atoms. The van der Waals surface area contributed by atoms with Gasteiger partial charge in [-0.25, -0.2) is 0 Å². The lowest BCUT2D eigenvalue weighted by atomic mass is 10.1. The highest BCUT2D eigenvalue weighted by molar-refractivity contribution is 5.66. The van der Waals surface area contributed by atoms with Crippen molar-refractivity contribution in [2.45, 2.75) is 20.0 Å². The summed E-state index contributed by atoms with van der Waals surface area (Å²) in [6.07, 6.45) is 0.161. The maximum absolute atomic E-state index is 10.4. The Kier molecular flexibility index (Phi) is 4.84. The lowest BCUT2D eigenvalue weighted by Crippen LogP contribution is -2.10. The van der Waals surface area contributed by atoms with Gasteiger partial charge in [0.15, 0.2) is 0 Å². The van der Waals surface area contributed by atoms with E-state index in [1.807, 2.05) is 37.3 Å². The molecule has 0 saturated heterocycles. The molecule has 82 valence electrons. The van der Waals surface area contributed by atoms with E-state index in [1.54, 1.807) is 0 Å². The van der Waals surface area contributed by atoms with E-state index < -0.39 is 5.97 Å². The maximum atomic E-state index is 10.4. The van der Waals surface area contributed by atoms with Crippen LogP contribution in [0.4, 0.5) is 0 Å². The van der Waals surface area contributed by atoms with Gasteiger partial charge in [-0.05, 0) is 11.5 Å². The molecule has 0 aliphatic rings. The van der Waals surface area contributed by atoms with E-state index in [4.69, 9.17) is 9.84 Å². The standard InChI is InChI=1S/C12H16O3/c1-10(7-12(13)14)8-15-9-11-5-3-2-4-6-11/h2-6,10H,7-9H2,1H3,(H,13,14)/t10-/m1/s1. The molecule has 15 heavy (non-hydrogen) atoms. The Balaban J connectivity index is 2.19. The van der Waals surface area contributed by atoms with Gasteiger partial charge in [0, 0.05) is 0 Å². The predicted molar refractivity (Wildman–Crippen MR) is 57.5 cm³/mol. The highest BCUT2D eigenvalue weighted by Crippen LogP contribution is 2.05. The number of aliphatic carboxylic acids is 1. The van der Waals surface area contributed by atoms with Crippen molar-refractivity contribution >= 4 is 5.97 Å². The van der Waals surface area contributed by atoms with Gasteiger partial charge in [-0.15, -0.1) is 0 Å². The molecular weight excluding hydrogens is 192 g/mol. The van der Waals surface area contributed by atoms with Crippen molar-refractivity contribution in [2.75, 3.05) is 6.61 Å². The number of benzene rings is 1. The molecule has 0 spiro atoms. The van der Waals surface area contributed by atoms with Gasteiger partial charge in [0.05, 0.1) is 19.6 Å². The van der Waals surface area contributed by atoms with Gasteiger partial charge < -0.3 is 9.84 Å². The highest BCUT2D eigenvalue weighted by Gasteiger charge is 2.07. The van der Waals surface area contributed by atoms with Crippen molar-refractivity contribution in [1.29, 1.82) is 0 Å². The average molecular weight is 208 g/mol. The first-order valence-electron chi connectivity index (χ1n) is 5.02. The quantitative estimate of drug-likeness (QED) is 0.780. The van der Waals surface area contributed by atoms with Crippen LogP contribution in [0.5, 0.6) is 0 Å². The molecule has 1 aromatic rings. The summed E-state index contributed by atoms with van der Waals surface area (Å²) in [6.45, 7) is 2.91. The Morgan fingerprint density at radius 1 is 1.40 bits per heavy atom. The average Bonchev–Trinajstić information content (AvgIpc) is 2.18. The smallest absolute Gasteiger partial charge is 0.303 e. The van der Waals surface area contributed by atoms with Crippen LogP contribution in [0.25, 0.3) is 0 Å². The number of ether oxygens (including phenoxy) is 1. The van der Waals surface area contributed by atoms with Crippen LogP contribution in [0.2, 0.25) is 0 Å². The molecule has 3 nitrogen and oxygen atoms in total. The second kappa shape index (κ2) is 6.19. The minimum Gasteiger partial charge on any atom is -0.481 e. The minimum atomic E-state index is -0.772. The van der Waals surface area contributed by atoms with Crippen LogP contribution < -0.4 is 0 Å². The van der Waals surface area contributed by atoms with Crippen molar-refractivity contribution in [1.82, 2.24) is 0 Å². The van der Waals surface area contributed by atoms with Gasteiger partial charge in [-0.2, -0.15) is 0 Å². The lowest BCUT2D eigenvalue weighted by molar-refractivity contribution is -0.138. The molecule has 1 atom stereocenters. The molecule has 0 unspecified atom stereocenters. The summed E-state index contributed by atoms with van der Waals surface area (Å²) in [5, 5.41) is 8.54. The summed E-state index contributed by atoms with van der Waals surface area (Å²) < 4.78 is 5.42. The number of carbonyl (C=O) groups is 1. The number of rotatable bonds is 6. The lowest BCUT2D eigenvalue weighted by Gasteiger charge is -2.09. The van der Waals surface area contributed by atoms with E-state index >= 15 is 0 Å². The molecule has 3 heteroatoms. The third-order valence-electron chi connectivity index (χ3n) is 2.04. The molecule has 0 aliphatic carbocycles. The van der Waals surface area contributed by atoms with Crippen molar-refractivity contribution < 1.29 is 14.6 Å². The summed E-state index contributed by atoms with van der Waals surface area (Å²) in [6, 6.07) is 9.85. The van der Waals surface area contributed by atoms with Crippen LogP contribution in [0, 0.1) is 5.92 Å². The van der Waals surface area contributed by atoms with Crippen molar-refractivity contribution in [3.05, 3.63) is 35.9 Å². The Morgan fingerprint density at radius 2 is 2.07 bits per heavy atom. The molecular formula is C12H16O3. The van der Waals surface area contributed by atoms with Gasteiger partial charge >= 0.3 is 5.97 Å². The van der Waals surface area contributed by atoms with Crippen molar-refractivity contribution in [2.24, 2.45) is 5.92 Å². The van der Waals surface area contributed by atoms with E-state index in [-0.39, 0.29) is 12.3 Å². The van der Waals surface area contributed by atoms with E-state index in [2.05, 4.69) is 0 Å². The minimum absolute atomic E-state index is 0.0613. The second-order valence-corrected chi connectivity index (χ2v) is 3.70. The first-order chi connectivity index (χ1) is 7.18. The molecule has 0 radical (unpaired) electrons. The normalized spacial score (nSPS) is 12.3. The van der Waals surface area contributed by atoms with Crippen molar-refractivity contribution in [3.8, 4) is 0 Å². The van der Waals surface area contributed by atoms with E-state index in [0.717, 1.165) is 5.56 Å². The van der Waals surface area contributed by atoms with Gasteiger partial charge in [0.2, 0.25) is 0 Å². The Labute approximate surface area is 89.7 Å². The van der Waals surface area contributed by atoms with E-state index in [9.17, 15) is 4.79 Å². The van der Waals surface area contributed by atoms with Gasteiger partial charge in [-0.1, -0.05) is 37.3 Å². The van der Waals surface area contributed by atoms with Crippen LogP contribution >= 0.6 is 0 Å². The van der Waals surface area contributed by atoms with Gasteiger partial charge in [0.25, 0.3) is 0 Å². The zero-order valence-corrected chi connectivity index (χ0v) is 8.85. The molecule has 0 amide bonds. The molecule has 1 N–H and O–H groups in total. The van der Waals surface area contributed by atoms with Crippen LogP contribution in [0.15, 0.2) is 30.3 Å². The maximum Gasteiger partial charge on any atom is 0.303 e. The fourth-order valence-corrected chi connectivity index (χ4v) is 1.31. The Morgan fingerprint density at radius 3 is 2.67 bits per heavy atom. The summed E-state index contributed by atoms with van der Waals surface area (Å²) in [7, 11) is 0. The van der Waals surface area contributed by atoms with Crippen LogP contribution in [-0.2, 0) is 16.1 Å². The number of carboxylic acid groups (broad SMARTS) is 1.